The van der Waals surface area contributed by atoms with Crippen LogP contribution in [0.2, 0.25) is 0 Å². The Morgan fingerprint density at radius 2 is 1.89 bits per heavy atom. The van der Waals surface area contributed by atoms with Crippen LogP contribution in [-0.2, 0) is 4.79 Å². The van der Waals surface area contributed by atoms with Crippen LogP contribution in [0.3, 0.4) is 0 Å². The van der Waals surface area contributed by atoms with Crippen LogP contribution < -0.4 is 5.32 Å². The van der Waals surface area contributed by atoms with Crippen LogP contribution in [0.25, 0.3) is 0 Å². The minimum Gasteiger partial charge on any atom is -0.343 e. The Hall–Kier alpha value is -0.570. The third kappa shape index (κ3) is 4.60. The molecule has 1 saturated carbocycles. The SMILES string of the molecule is CC(C)CCC(=O)N1CCC(NCC2CC2)CC1. The third-order valence-corrected chi connectivity index (χ3v) is 4.18. The van der Waals surface area contributed by atoms with E-state index < -0.39 is 0 Å². The number of hydrogen-bond acceptors (Lipinski definition) is 2. The fraction of sp³-hybridized carbons (Fsp3) is 0.933. The first-order valence-corrected chi connectivity index (χ1v) is 7.66. The lowest BCUT2D eigenvalue weighted by atomic mass is 10.0. The van der Waals surface area contributed by atoms with Crippen LogP contribution in [0.1, 0.15) is 52.4 Å². The minimum atomic E-state index is 0.365. The molecule has 1 aliphatic carbocycles. The highest BCUT2D eigenvalue weighted by atomic mass is 16.2. The molecule has 0 aromatic rings. The zero-order valence-corrected chi connectivity index (χ0v) is 12.0. The van der Waals surface area contributed by atoms with E-state index in [-0.39, 0.29) is 0 Å². The quantitative estimate of drug-likeness (QED) is 0.787. The van der Waals surface area contributed by atoms with E-state index in [9.17, 15) is 4.79 Å². The molecular formula is C15H28N2O. The molecule has 0 bridgehead atoms. The van der Waals surface area contributed by atoms with Crippen molar-refractivity contribution in [2.45, 2.75) is 58.4 Å². The van der Waals surface area contributed by atoms with E-state index in [2.05, 4.69) is 24.1 Å². The van der Waals surface area contributed by atoms with Crippen molar-refractivity contribution in [1.82, 2.24) is 10.2 Å². The molecule has 0 atom stereocenters. The summed E-state index contributed by atoms with van der Waals surface area (Å²) in [6.45, 7) is 7.48. The maximum Gasteiger partial charge on any atom is 0.222 e. The van der Waals surface area contributed by atoms with Gasteiger partial charge in [0.1, 0.15) is 0 Å². The normalized spacial score (nSPS) is 21.6. The van der Waals surface area contributed by atoms with Gasteiger partial charge in [0.05, 0.1) is 0 Å². The predicted octanol–water partition coefficient (Wildman–Crippen LogP) is 2.41. The number of carbonyl (C=O) groups excluding carboxylic acids is 1. The number of amides is 1. The molecule has 2 aliphatic rings. The number of likely N-dealkylation sites (tertiary alicyclic amines) is 1. The average molecular weight is 252 g/mol. The summed E-state index contributed by atoms with van der Waals surface area (Å²) in [5, 5.41) is 3.66. The third-order valence-electron chi connectivity index (χ3n) is 4.18. The van der Waals surface area contributed by atoms with Crippen molar-refractivity contribution in [1.29, 1.82) is 0 Å². The van der Waals surface area contributed by atoms with Gasteiger partial charge in [0.25, 0.3) is 0 Å². The summed E-state index contributed by atoms with van der Waals surface area (Å²) in [5.74, 6) is 1.95. The Bertz CT molecular complexity index is 266. The van der Waals surface area contributed by atoms with Gasteiger partial charge in [0.2, 0.25) is 5.91 Å². The fourth-order valence-corrected chi connectivity index (χ4v) is 2.56. The summed E-state index contributed by atoms with van der Waals surface area (Å²) in [6, 6.07) is 0.653. The van der Waals surface area contributed by atoms with Gasteiger partial charge < -0.3 is 10.2 Å². The molecule has 104 valence electrons. The highest BCUT2D eigenvalue weighted by Crippen LogP contribution is 2.28. The van der Waals surface area contributed by atoms with Gasteiger partial charge in [-0.2, -0.15) is 0 Å². The lowest BCUT2D eigenvalue weighted by Gasteiger charge is -2.32. The van der Waals surface area contributed by atoms with Crippen LogP contribution in [0.5, 0.6) is 0 Å². The Morgan fingerprint density at radius 3 is 2.44 bits per heavy atom. The summed E-state index contributed by atoms with van der Waals surface area (Å²) < 4.78 is 0. The van der Waals surface area contributed by atoms with E-state index in [0.29, 0.717) is 17.9 Å². The first-order valence-electron chi connectivity index (χ1n) is 7.66. The maximum atomic E-state index is 12.0. The van der Waals surface area contributed by atoms with Gasteiger partial charge in [0, 0.05) is 25.6 Å². The van der Waals surface area contributed by atoms with Crippen LogP contribution in [0.4, 0.5) is 0 Å². The molecule has 0 aromatic heterocycles. The maximum absolute atomic E-state index is 12.0. The zero-order valence-electron chi connectivity index (χ0n) is 12.0. The molecule has 1 aliphatic heterocycles. The highest BCUT2D eigenvalue weighted by Gasteiger charge is 2.25. The van der Waals surface area contributed by atoms with Gasteiger partial charge in [-0.25, -0.2) is 0 Å². The average Bonchev–Trinajstić information content (AvgIpc) is 3.18. The second-order valence-corrected chi connectivity index (χ2v) is 6.44. The van der Waals surface area contributed by atoms with Crippen LogP contribution in [0, 0.1) is 11.8 Å². The molecular weight excluding hydrogens is 224 g/mol. The smallest absolute Gasteiger partial charge is 0.222 e. The molecule has 0 spiro atoms. The summed E-state index contributed by atoms with van der Waals surface area (Å²) in [6.07, 6.45) is 6.87. The zero-order chi connectivity index (χ0) is 13.0. The Labute approximate surface area is 111 Å². The van der Waals surface area contributed by atoms with Crippen molar-refractivity contribution in [3.8, 4) is 0 Å². The topological polar surface area (TPSA) is 32.3 Å². The van der Waals surface area contributed by atoms with Crippen molar-refractivity contribution >= 4 is 5.91 Å². The monoisotopic (exact) mass is 252 g/mol. The van der Waals surface area contributed by atoms with Crippen LogP contribution in [0.15, 0.2) is 0 Å². The largest absolute Gasteiger partial charge is 0.343 e. The van der Waals surface area contributed by atoms with E-state index in [1.807, 2.05) is 0 Å². The molecule has 18 heavy (non-hydrogen) atoms. The van der Waals surface area contributed by atoms with E-state index in [1.165, 1.54) is 19.4 Å². The highest BCUT2D eigenvalue weighted by molar-refractivity contribution is 5.76. The fourth-order valence-electron chi connectivity index (χ4n) is 2.56. The standard InChI is InChI=1S/C15H28N2O/c1-12(2)3-6-15(18)17-9-7-14(8-10-17)16-11-13-4-5-13/h12-14,16H,3-11H2,1-2H3. The molecule has 1 saturated heterocycles. The molecule has 1 amide bonds. The van der Waals surface area contributed by atoms with Crippen LogP contribution in [-0.4, -0.2) is 36.5 Å². The molecule has 0 unspecified atom stereocenters. The second kappa shape index (κ2) is 6.55. The molecule has 3 heteroatoms. The Morgan fingerprint density at radius 1 is 1.22 bits per heavy atom. The number of nitrogens with one attached hydrogen (secondary N) is 1. The van der Waals surface area contributed by atoms with Gasteiger partial charge in [0.15, 0.2) is 0 Å². The van der Waals surface area contributed by atoms with E-state index in [1.54, 1.807) is 0 Å². The number of carbonyl (C=O) groups is 1. The van der Waals surface area contributed by atoms with Crippen molar-refractivity contribution < 1.29 is 4.79 Å². The minimum absolute atomic E-state index is 0.365. The Kier molecular flexibility index (Phi) is 5.04. The van der Waals surface area contributed by atoms with Crippen molar-refractivity contribution in [3.63, 3.8) is 0 Å². The Balaban J connectivity index is 1.60. The summed E-state index contributed by atoms with van der Waals surface area (Å²) >= 11 is 0. The summed E-state index contributed by atoms with van der Waals surface area (Å²) in [7, 11) is 0. The molecule has 1 N–H and O–H groups in total. The van der Waals surface area contributed by atoms with Gasteiger partial charge in [-0.3, -0.25) is 4.79 Å². The lowest BCUT2D eigenvalue weighted by Crippen LogP contribution is -2.45. The summed E-state index contributed by atoms with van der Waals surface area (Å²) in [5.41, 5.74) is 0. The van der Waals surface area contributed by atoms with E-state index >= 15 is 0 Å². The van der Waals surface area contributed by atoms with Gasteiger partial charge in [-0.15, -0.1) is 0 Å². The van der Waals surface area contributed by atoms with Crippen molar-refractivity contribution in [2.24, 2.45) is 11.8 Å². The second-order valence-electron chi connectivity index (χ2n) is 6.44. The molecule has 0 radical (unpaired) electrons. The molecule has 3 nitrogen and oxygen atoms in total. The molecule has 2 fully saturated rings. The van der Waals surface area contributed by atoms with Crippen molar-refractivity contribution in [2.75, 3.05) is 19.6 Å². The number of nitrogens with zero attached hydrogens (tertiary/aromatic N) is 1. The van der Waals surface area contributed by atoms with Crippen molar-refractivity contribution in [3.05, 3.63) is 0 Å². The molecule has 2 rings (SSSR count). The van der Waals surface area contributed by atoms with Gasteiger partial charge in [-0.05, 0) is 50.5 Å². The number of piperidine rings is 1. The van der Waals surface area contributed by atoms with E-state index in [0.717, 1.165) is 44.7 Å². The van der Waals surface area contributed by atoms with Gasteiger partial charge in [-0.1, -0.05) is 13.8 Å². The molecule has 1 heterocycles. The molecule has 0 aromatic carbocycles. The lowest BCUT2D eigenvalue weighted by molar-refractivity contribution is -0.132. The first kappa shape index (κ1) is 13.9. The first-order chi connectivity index (χ1) is 8.65. The van der Waals surface area contributed by atoms with Gasteiger partial charge >= 0.3 is 0 Å². The summed E-state index contributed by atoms with van der Waals surface area (Å²) in [4.78, 5) is 14.1. The number of hydrogen-bond donors (Lipinski definition) is 1. The number of rotatable bonds is 6. The van der Waals surface area contributed by atoms with Crippen LogP contribution >= 0.6 is 0 Å². The van der Waals surface area contributed by atoms with E-state index in [4.69, 9.17) is 0 Å². The predicted molar refractivity (Wildman–Crippen MR) is 74.4 cm³/mol.